The average molecular weight is 322 g/mol. The maximum Gasteiger partial charge on any atom is 0.260 e. The molecule has 0 radical (unpaired) electrons. The van der Waals surface area contributed by atoms with Crippen molar-refractivity contribution in [3.63, 3.8) is 0 Å². The van der Waals surface area contributed by atoms with Crippen molar-refractivity contribution in [1.29, 1.82) is 0 Å². The third kappa shape index (κ3) is 1.44. The minimum Gasteiger partial charge on any atom is -0.458 e. The maximum atomic E-state index is 6.39. The van der Waals surface area contributed by atoms with Gasteiger partial charge >= 0.3 is 0 Å². The summed E-state index contributed by atoms with van der Waals surface area (Å²) < 4.78 is 12.7. The summed E-state index contributed by atoms with van der Waals surface area (Å²) >= 11 is 0. The van der Waals surface area contributed by atoms with Crippen LogP contribution in [0.25, 0.3) is 0 Å². The molecule has 25 heavy (non-hydrogen) atoms. The van der Waals surface area contributed by atoms with Gasteiger partial charge in [-0.25, -0.2) is 0 Å². The summed E-state index contributed by atoms with van der Waals surface area (Å²) in [6, 6.07) is 15.4. The van der Waals surface area contributed by atoms with Crippen molar-refractivity contribution in [3.05, 3.63) is 64.7 Å². The van der Waals surface area contributed by atoms with Gasteiger partial charge in [0.25, 0.3) is 6.71 Å². The van der Waals surface area contributed by atoms with Crippen molar-refractivity contribution in [2.24, 2.45) is 0 Å². The molecule has 118 valence electrons. The molecule has 3 aromatic carbocycles. The third-order valence-electron chi connectivity index (χ3n) is 6.40. The van der Waals surface area contributed by atoms with E-state index >= 15 is 0 Å². The molecular weight excluding hydrogens is 307 g/mol. The molecule has 0 bridgehead atoms. The quantitative estimate of drug-likeness (QED) is 0.408. The fourth-order valence-electron chi connectivity index (χ4n) is 4.88. The van der Waals surface area contributed by atoms with E-state index in [9.17, 15) is 0 Å². The lowest BCUT2D eigenvalue weighted by atomic mass is 9.34. The molecule has 0 saturated heterocycles. The molecule has 7 rings (SSSR count). The Morgan fingerprint density at radius 2 is 1.48 bits per heavy atom. The molecular formula is C22H15BO2. The van der Waals surface area contributed by atoms with Crippen LogP contribution in [-0.2, 0) is 25.7 Å². The highest BCUT2D eigenvalue weighted by atomic mass is 16.5. The SMILES string of the molecule is c1cc2c3c(c1)Oc1c(ccc4c1CC4)B3c1cc3c(cc1O2)CC3. The molecule has 0 saturated carbocycles. The largest absolute Gasteiger partial charge is 0.458 e. The number of hydrogen-bond acceptors (Lipinski definition) is 2. The van der Waals surface area contributed by atoms with Gasteiger partial charge in [0, 0.05) is 5.46 Å². The molecule has 0 aromatic heterocycles. The van der Waals surface area contributed by atoms with E-state index in [0.717, 1.165) is 29.4 Å². The van der Waals surface area contributed by atoms with Crippen LogP contribution in [0.2, 0.25) is 0 Å². The highest BCUT2D eigenvalue weighted by Crippen LogP contribution is 2.40. The Morgan fingerprint density at radius 3 is 2.28 bits per heavy atom. The topological polar surface area (TPSA) is 18.5 Å². The molecule has 2 aliphatic heterocycles. The second-order valence-corrected chi connectivity index (χ2v) is 7.59. The second-order valence-electron chi connectivity index (χ2n) is 7.59. The molecule has 0 unspecified atom stereocenters. The van der Waals surface area contributed by atoms with Gasteiger partial charge in [-0.2, -0.15) is 0 Å². The zero-order chi connectivity index (χ0) is 16.1. The van der Waals surface area contributed by atoms with Crippen LogP contribution in [0.4, 0.5) is 0 Å². The predicted octanol–water partition coefficient (Wildman–Crippen LogP) is 2.61. The van der Waals surface area contributed by atoms with Crippen molar-refractivity contribution < 1.29 is 9.47 Å². The Hall–Kier alpha value is -2.68. The molecule has 0 spiro atoms. The molecule has 3 heteroatoms. The summed E-state index contributed by atoms with van der Waals surface area (Å²) in [5.41, 5.74) is 9.60. The molecule has 2 heterocycles. The van der Waals surface area contributed by atoms with Crippen molar-refractivity contribution in [1.82, 2.24) is 0 Å². The summed E-state index contributed by atoms with van der Waals surface area (Å²) in [5, 5.41) is 0. The second kappa shape index (κ2) is 4.11. The molecule has 2 aliphatic carbocycles. The molecule has 4 aliphatic rings. The number of aryl methyl sites for hydroxylation is 3. The van der Waals surface area contributed by atoms with Crippen LogP contribution in [-0.4, -0.2) is 6.71 Å². The third-order valence-corrected chi connectivity index (χ3v) is 6.40. The van der Waals surface area contributed by atoms with Gasteiger partial charge in [0.1, 0.15) is 23.0 Å². The van der Waals surface area contributed by atoms with E-state index in [4.69, 9.17) is 9.47 Å². The van der Waals surface area contributed by atoms with Crippen LogP contribution >= 0.6 is 0 Å². The van der Waals surface area contributed by atoms with Crippen LogP contribution in [0.5, 0.6) is 23.0 Å². The van der Waals surface area contributed by atoms with Crippen LogP contribution < -0.4 is 25.9 Å². The summed E-state index contributed by atoms with van der Waals surface area (Å²) in [6.45, 7) is 0.232. The summed E-state index contributed by atoms with van der Waals surface area (Å²) in [6.07, 6.45) is 4.68. The zero-order valence-electron chi connectivity index (χ0n) is 13.8. The fraction of sp³-hybridized carbons (Fsp3) is 0.182. The Bertz CT molecular complexity index is 1110. The first-order chi connectivity index (χ1) is 12.4. The van der Waals surface area contributed by atoms with E-state index in [2.05, 4.69) is 36.4 Å². The van der Waals surface area contributed by atoms with Crippen LogP contribution in [0.1, 0.15) is 22.3 Å². The Balaban J connectivity index is 1.57. The minimum atomic E-state index is 0.232. The first-order valence-corrected chi connectivity index (χ1v) is 9.16. The molecule has 3 aromatic rings. The van der Waals surface area contributed by atoms with E-state index in [1.165, 1.54) is 57.9 Å². The standard InChI is InChI=1S/C22H15BO2/c1-2-18-21-19(3-1)25-22-15-8-6-12(15)7-9-16(22)23(21)17-10-13-4-5-14(13)11-20(17)24-18/h1-3,7,9-11H,4-6,8H2. The number of fused-ring (bicyclic) bond motifs is 7. The highest BCUT2D eigenvalue weighted by Gasteiger charge is 2.42. The zero-order valence-corrected chi connectivity index (χ0v) is 13.8. The van der Waals surface area contributed by atoms with E-state index in [-0.39, 0.29) is 6.71 Å². The summed E-state index contributed by atoms with van der Waals surface area (Å²) in [7, 11) is 0. The Morgan fingerprint density at radius 1 is 0.680 bits per heavy atom. The smallest absolute Gasteiger partial charge is 0.260 e. The molecule has 2 nitrogen and oxygen atoms in total. The lowest BCUT2D eigenvalue weighted by molar-refractivity contribution is 0.457. The molecule has 0 fully saturated rings. The Labute approximate surface area is 146 Å². The van der Waals surface area contributed by atoms with Gasteiger partial charge in [0.05, 0.1) is 0 Å². The normalized spacial score (nSPS) is 16.7. The maximum absolute atomic E-state index is 6.39. The lowest BCUT2D eigenvalue weighted by Gasteiger charge is -2.36. The average Bonchev–Trinajstić information content (AvgIpc) is 2.57. The van der Waals surface area contributed by atoms with Gasteiger partial charge in [-0.05, 0) is 77.1 Å². The van der Waals surface area contributed by atoms with E-state index in [1.807, 2.05) is 6.07 Å². The molecule has 0 atom stereocenters. The first kappa shape index (κ1) is 12.7. The van der Waals surface area contributed by atoms with Gasteiger partial charge in [-0.3, -0.25) is 0 Å². The van der Waals surface area contributed by atoms with Crippen molar-refractivity contribution in [2.45, 2.75) is 25.7 Å². The Kier molecular flexibility index (Phi) is 2.08. The highest BCUT2D eigenvalue weighted by molar-refractivity contribution is 6.98. The monoisotopic (exact) mass is 322 g/mol. The number of ether oxygens (including phenoxy) is 2. The molecule has 0 amide bonds. The number of hydrogen-bond donors (Lipinski definition) is 0. The van der Waals surface area contributed by atoms with E-state index < -0.39 is 0 Å². The van der Waals surface area contributed by atoms with Crippen LogP contribution in [0.15, 0.2) is 42.5 Å². The van der Waals surface area contributed by atoms with Gasteiger partial charge in [-0.1, -0.05) is 24.3 Å². The van der Waals surface area contributed by atoms with Crippen LogP contribution in [0.3, 0.4) is 0 Å². The van der Waals surface area contributed by atoms with Crippen molar-refractivity contribution in [3.8, 4) is 23.0 Å². The molecule has 0 N–H and O–H groups in total. The van der Waals surface area contributed by atoms with Crippen LogP contribution in [0, 0.1) is 0 Å². The van der Waals surface area contributed by atoms with Crippen molar-refractivity contribution in [2.75, 3.05) is 0 Å². The van der Waals surface area contributed by atoms with E-state index in [1.54, 1.807) is 0 Å². The predicted molar refractivity (Wildman–Crippen MR) is 98.9 cm³/mol. The van der Waals surface area contributed by atoms with E-state index in [0.29, 0.717) is 0 Å². The minimum absolute atomic E-state index is 0.232. The van der Waals surface area contributed by atoms with Gasteiger partial charge in [-0.15, -0.1) is 0 Å². The number of benzene rings is 3. The summed E-state index contributed by atoms with van der Waals surface area (Å²) in [4.78, 5) is 0. The van der Waals surface area contributed by atoms with Gasteiger partial charge in [0.2, 0.25) is 0 Å². The summed E-state index contributed by atoms with van der Waals surface area (Å²) in [5.74, 6) is 4.05. The first-order valence-electron chi connectivity index (χ1n) is 9.16. The number of rotatable bonds is 0. The fourth-order valence-corrected chi connectivity index (χ4v) is 4.88. The van der Waals surface area contributed by atoms with Crippen molar-refractivity contribution >= 4 is 23.1 Å². The lowest BCUT2D eigenvalue weighted by Crippen LogP contribution is -2.58. The van der Waals surface area contributed by atoms with Gasteiger partial charge < -0.3 is 9.47 Å². The van der Waals surface area contributed by atoms with Gasteiger partial charge in [0.15, 0.2) is 0 Å².